The minimum atomic E-state index is -0.482. The number of phenolic OH excluding ortho intramolecular Hbond substituents is 2. The summed E-state index contributed by atoms with van der Waals surface area (Å²) in [5.74, 6) is 1.03. The van der Waals surface area contributed by atoms with Gasteiger partial charge < -0.3 is 28.7 Å². The summed E-state index contributed by atoms with van der Waals surface area (Å²) in [5.41, 5.74) is 10.2. The van der Waals surface area contributed by atoms with Gasteiger partial charge in [0.2, 0.25) is 5.76 Å². The molecule has 4 aromatic carbocycles. The van der Waals surface area contributed by atoms with E-state index in [9.17, 15) is 15.0 Å². The Morgan fingerprint density at radius 1 is 0.603 bits per heavy atom. The van der Waals surface area contributed by atoms with Crippen molar-refractivity contribution in [3.63, 3.8) is 0 Å². The first kappa shape index (κ1) is 44.3. The van der Waals surface area contributed by atoms with E-state index >= 15 is 0 Å². The molecule has 308 valence electrons. The third kappa shape index (κ3) is 8.24. The highest BCUT2D eigenvalue weighted by Gasteiger charge is 2.52. The van der Waals surface area contributed by atoms with Gasteiger partial charge in [0.05, 0.1) is 18.3 Å². The van der Waals surface area contributed by atoms with Crippen molar-refractivity contribution < 1.29 is 33.5 Å². The molecule has 0 saturated carbocycles. The molecule has 0 atom stereocenters. The van der Waals surface area contributed by atoms with Crippen molar-refractivity contribution in [3.05, 3.63) is 135 Å². The van der Waals surface area contributed by atoms with E-state index in [4.69, 9.17) is 18.5 Å². The normalized spacial score (nSPS) is 14.9. The van der Waals surface area contributed by atoms with E-state index in [1.165, 1.54) is 34.9 Å². The van der Waals surface area contributed by atoms with E-state index in [2.05, 4.69) is 124 Å². The molecule has 2 heterocycles. The number of furan rings is 1. The lowest BCUT2D eigenvalue weighted by Gasteiger charge is -2.34. The maximum absolute atomic E-state index is 11.7. The molecule has 0 unspecified atom stereocenters. The molecule has 1 aliphatic rings. The molecular formula is C50H63BO7. The van der Waals surface area contributed by atoms with Crippen molar-refractivity contribution in [2.24, 2.45) is 0 Å². The van der Waals surface area contributed by atoms with Gasteiger partial charge in [0.15, 0.2) is 0 Å². The average Bonchev–Trinajstić information content (AvgIpc) is 3.76. The highest BCUT2D eigenvalue weighted by Crippen LogP contribution is 2.43. The molecule has 6 rings (SSSR count). The van der Waals surface area contributed by atoms with Crippen LogP contribution in [-0.4, -0.2) is 41.6 Å². The van der Waals surface area contributed by atoms with E-state index in [1.807, 2.05) is 26.0 Å². The van der Waals surface area contributed by atoms with Crippen LogP contribution in [0.3, 0.4) is 0 Å². The molecule has 58 heavy (non-hydrogen) atoms. The number of hydrogen-bond acceptors (Lipinski definition) is 7. The molecule has 0 amide bonds. The van der Waals surface area contributed by atoms with E-state index in [-0.39, 0.29) is 34.9 Å². The summed E-state index contributed by atoms with van der Waals surface area (Å²) >= 11 is 0. The van der Waals surface area contributed by atoms with Crippen molar-refractivity contribution in [2.75, 3.05) is 7.11 Å². The van der Waals surface area contributed by atoms with Crippen LogP contribution in [0.5, 0.6) is 11.5 Å². The van der Waals surface area contributed by atoms with Gasteiger partial charge in [-0.3, -0.25) is 0 Å². The number of ether oxygens (including phenoxy) is 1. The fourth-order valence-electron chi connectivity index (χ4n) is 8.51. The van der Waals surface area contributed by atoms with Crippen LogP contribution in [0.15, 0.2) is 89.3 Å². The molecule has 1 aliphatic heterocycles. The van der Waals surface area contributed by atoms with E-state index in [1.54, 1.807) is 18.2 Å². The number of aryl methyl sites for hydroxylation is 4. The quantitative estimate of drug-likeness (QED) is 0.102. The third-order valence-corrected chi connectivity index (χ3v) is 13.3. The monoisotopic (exact) mass is 786 g/mol. The molecular weight excluding hydrogens is 723 g/mol. The molecule has 0 spiro atoms. The molecule has 7 nitrogen and oxygen atoms in total. The zero-order chi connectivity index (χ0) is 42.8. The maximum Gasteiger partial charge on any atom is 0.495 e. The van der Waals surface area contributed by atoms with Crippen LogP contribution in [0, 0.1) is 27.7 Å². The molecule has 8 heteroatoms. The van der Waals surface area contributed by atoms with Crippen molar-refractivity contribution in [2.45, 2.75) is 131 Å². The molecule has 1 aromatic heterocycles. The first-order valence-electron chi connectivity index (χ1n) is 20.7. The Morgan fingerprint density at radius 2 is 1.02 bits per heavy atom. The molecule has 0 bridgehead atoms. The number of esters is 1. The van der Waals surface area contributed by atoms with Crippen LogP contribution in [0.2, 0.25) is 0 Å². The van der Waals surface area contributed by atoms with E-state index in [0.717, 1.165) is 53.4 Å². The number of carbonyl (C=O) groups excluding carboxylic acids is 1. The summed E-state index contributed by atoms with van der Waals surface area (Å²) in [5, 5.41) is 19.9. The van der Waals surface area contributed by atoms with Gasteiger partial charge in [-0.2, -0.15) is 0 Å². The van der Waals surface area contributed by atoms with Gasteiger partial charge in [-0.1, -0.05) is 93.9 Å². The van der Waals surface area contributed by atoms with Gasteiger partial charge >= 0.3 is 13.1 Å². The summed E-state index contributed by atoms with van der Waals surface area (Å²) < 4.78 is 23.0. The van der Waals surface area contributed by atoms with Crippen molar-refractivity contribution >= 4 is 18.6 Å². The second-order valence-corrected chi connectivity index (χ2v) is 16.9. The third-order valence-electron chi connectivity index (χ3n) is 13.3. The van der Waals surface area contributed by atoms with Gasteiger partial charge in [-0.15, -0.1) is 0 Å². The number of benzene rings is 4. The number of phenols is 2. The minimum Gasteiger partial charge on any atom is -0.508 e. The Morgan fingerprint density at radius 3 is 1.41 bits per heavy atom. The smallest absolute Gasteiger partial charge is 0.495 e. The highest BCUT2D eigenvalue weighted by atomic mass is 16.7. The van der Waals surface area contributed by atoms with Crippen molar-refractivity contribution in [3.8, 4) is 22.8 Å². The second-order valence-electron chi connectivity index (χ2n) is 16.9. The van der Waals surface area contributed by atoms with E-state index in [0.29, 0.717) is 17.3 Å². The minimum absolute atomic E-state index is 0.0856. The Hall–Kier alpha value is -4.79. The SMILES string of the molecule is CCC(CC)(c1ccc(O)c(C)c1)c1ccc(-c2ccc(C(=O)OC)o2)c(C)c1.CCC(CC)(c1ccc(O)c(C)c1)c1ccc(B2OC(C)(C)C(C)(C)O2)c(C)c1. The number of aromatic hydroxyl groups is 2. The number of carbonyl (C=O) groups is 1. The molecule has 2 N–H and O–H groups in total. The largest absolute Gasteiger partial charge is 0.508 e. The second kappa shape index (κ2) is 17.2. The number of rotatable bonds is 11. The lowest BCUT2D eigenvalue weighted by atomic mass is 9.68. The van der Waals surface area contributed by atoms with Crippen LogP contribution < -0.4 is 5.46 Å². The fraction of sp³-hybridized carbons (Fsp3) is 0.420. The lowest BCUT2D eigenvalue weighted by Crippen LogP contribution is -2.41. The summed E-state index contributed by atoms with van der Waals surface area (Å²) in [7, 11) is 0.993. The zero-order valence-corrected chi connectivity index (χ0v) is 36.9. The molecule has 0 radical (unpaired) electrons. The lowest BCUT2D eigenvalue weighted by molar-refractivity contribution is 0.00578. The molecule has 1 saturated heterocycles. The van der Waals surface area contributed by atoms with Crippen LogP contribution >= 0.6 is 0 Å². The summed E-state index contributed by atoms with van der Waals surface area (Å²) in [6.45, 7) is 25.3. The number of methoxy groups -OCH3 is 1. The zero-order valence-electron chi connectivity index (χ0n) is 36.9. The summed E-state index contributed by atoms with van der Waals surface area (Å²) in [4.78, 5) is 11.7. The fourth-order valence-corrected chi connectivity index (χ4v) is 8.51. The van der Waals surface area contributed by atoms with Crippen LogP contribution in [0.25, 0.3) is 11.3 Å². The maximum atomic E-state index is 11.7. The molecule has 1 fully saturated rings. The van der Waals surface area contributed by atoms with Crippen molar-refractivity contribution in [1.82, 2.24) is 0 Å². The van der Waals surface area contributed by atoms with Crippen LogP contribution in [-0.2, 0) is 24.9 Å². The molecule has 5 aromatic rings. The Labute approximate surface area is 346 Å². The predicted octanol–water partition coefficient (Wildman–Crippen LogP) is 11.6. The topological polar surface area (TPSA) is 98.4 Å². The van der Waals surface area contributed by atoms with Gasteiger partial charge in [-0.25, -0.2) is 4.79 Å². The van der Waals surface area contributed by atoms with Crippen molar-refractivity contribution in [1.29, 1.82) is 0 Å². The van der Waals surface area contributed by atoms with Gasteiger partial charge in [0.1, 0.15) is 17.3 Å². The first-order chi connectivity index (χ1) is 27.3. The Balaban J connectivity index is 0.000000221. The predicted molar refractivity (Wildman–Crippen MR) is 236 cm³/mol. The molecule has 0 aliphatic carbocycles. The summed E-state index contributed by atoms with van der Waals surface area (Å²) in [6.07, 6.45) is 3.87. The van der Waals surface area contributed by atoms with Gasteiger partial charge in [-0.05, 0) is 150 Å². The van der Waals surface area contributed by atoms with Gasteiger partial charge in [0.25, 0.3) is 0 Å². The van der Waals surface area contributed by atoms with Crippen LogP contribution in [0.4, 0.5) is 0 Å². The Bertz CT molecular complexity index is 2220. The Kier molecular flexibility index (Phi) is 13.1. The summed E-state index contributed by atoms with van der Waals surface area (Å²) in [6, 6.07) is 28.4. The first-order valence-corrected chi connectivity index (χ1v) is 20.7. The average molecular weight is 787 g/mol. The van der Waals surface area contributed by atoms with Crippen LogP contribution in [0.1, 0.15) is 136 Å². The standard InChI is InChI=1S/C25H35BO3.C25H28O4/c1-9-25(10-2,20-12-14-22(27)18(4)16-20)19-11-13-21(17(3)15-19)26-28-23(5,6)24(7,8)29-26;1-6-25(7-2,19-9-11-21(26)17(4)15-19)18-8-10-20(16(3)14-18)22-12-13-23(29-22)24(27)28-5/h11-16,27H,9-10H2,1-8H3;8-15,26H,6-7H2,1-5H3. The van der Waals surface area contributed by atoms with Gasteiger partial charge in [0, 0.05) is 16.4 Å². The van der Waals surface area contributed by atoms with E-state index < -0.39 is 5.97 Å². The highest BCUT2D eigenvalue weighted by molar-refractivity contribution is 6.62. The number of hydrogen-bond donors (Lipinski definition) is 2.